The third-order valence-electron chi connectivity index (χ3n) is 5.36. The number of carbonyl (C=O) groups is 2. The number of carbonyl (C=O) groups excluding carboxylic acids is 2. The number of hydrogen-bond acceptors (Lipinski definition) is 10. The smallest absolute Gasteiger partial charge is 0.462 e. The molecule has 37 heavy (non-hydrogen) atoms. The molecule has 0 amide bonds. The van der Waals surface area contributed by atoms with E-state index in [1.54, 1.807) is 26.1 Å². The van der Waals surface area contributed by atoms with Crippen LogP contribution in [-0.2, 0) is 9.47 Å². The third kappa shape index (κ3) is 8.61. The van der Waals surface area contributed by atoms with Crippen molar-refractivity contribution in [1.29, 1.82) is 0 Å². The van der Waals surface area contributed by atoms with Crippen molar-refractivity contribution in [3.63, 3.8) is 0 Å². The molecule has 0 aromatic carbocycles. The zero-order valence-corrected chi connectivity index (χ0v) is 23.9. The van der Waals surface area contributed by atoms with E-state index < -0.39 is 7.12 Å². The Hall–Kier alpha value is -2.32. The summed E-state index contributed by atoms with van der Waals surface area (Å²) in [5.41, 5.74) is 3.22. The lowest BCUT2D eigenvalue weighted by Gasteiger charge is -1.96. The Bertz CT molecular complexity index is 1230. The maximum absolute atomic E-state index is 11.4. The van der Waals surface area contributed by atoms with E-state index in [-0.39, 0.29) is 11.9 Å². The van der Waals surface area contributed by atoms with E-state index in [1.165, 1.54) is 34.7 Å². The Balaban J connectivity index is 0.000000161. The van der Waals surface area contributed by atoms with E-state index in [0.717, 1.165) is 51.2 Å². The molecule has 0 aliphatic heterocycles. The highest BCUT2D eigenvalue weighted by molar-refractivity contribution is 9.11. The second-order valence-electron chi connectivity index (χ2n) is 8.00. The van der Waals surface area contributed by atoms with Crippen molar-refractivity contribution < 1.29 is 29.1 Å². The molecule has 3 heterocycles. The number of H-pyrrole nitrogens is 1. The number of allylic oxidation sites excluding steroid dienone is 4. The van der Waals surface area contributed by atoms with Crippen LogP contribution in [0.3, 0.4) is 0 Å². The summed E-state index contributed by atoms with van der Waals surface area (Å²) in [6.45, 7) is 4.37. The summed E-state index contributed by atoms with van der Waals surface area (Å²) in [5, 5.41) is 18.0. The monoisotopic (exact) mass is 609 g/mol. The van der Waals surface area contributed by atoms with Crippen molar-refractivity contribution in [2.75, 3.05) is 13.2 Å². The Kier molecular flexibility index (Phi) is 11.5. The summed E-state index contributed by atoms with van der Waals surface area (Å²) in [4.78, 5) is 34.6. The molecule has 0 fully saturated rings. The molecule has 0 spiro atoms. The number of hydrogen-bond donors (Lipinski definition) is 3. The average molecular weight is 610 g/mol. The number of aromatic nitrogens is 3. The molecule has 13 heteroatoms. The van der Waals surface area contributed by atoms with E-state index >= 15 is 0 Å². The lowest BCUT2D eigenvalue weighted by molar-refractivity contribution is 0.0515. The van der Waals surface area contributed by atoms with Crippen LogP contribution in [0.15, 0.2) is 33.8 Å². The molecule has 9 nitrogen and oxygen atoms in total. The van der Waals surface area contributed by atoms with E-state index in [2.05, 4.69) is 37.0 Å². The largest absolute Gasteiger partial charge is 0.483 e. The molecule has 0 saturated heterocycles. The van der Waals surface area contributed by atoms with Crippen molar-refractivity contribution >= 4 is 73.6 Å². The molecule has 198 valence electrons. The fourth-order valence-corrected chi connectivity index (χ4v) is 5.89. The lowest BCUT2D eigenvalue weighted by Crippen LogP contribution is -2.13. The fourth-order valence-electron chi connectivity index (χ4n) is 3.62. The van der Waals surface area contributed by atoms with Crippen molar-refractivity contribution in [3.8, 4) is 0 Å². The fraction of sp³-hybridized carbons (Fsp3) is 0.417. The summed E-state index contributed by atoms with van der Waals surface area (Å²) in [5.74, 6) is -0.603. The van der Waals surface area contributed by atoms with Gasteiger partial charge in [-0.05, 0) is 85.4 Å². The SMILES string of the molecule is CCOC(=O)c1cc2sc(Br)nc2[nH]1.CCOC(=O)c1cnc(C2=CCCC2)s1.OB(O)C1=CCCC1. The Morgan fingerprint density at radius 3 is 2.35 bits per heavy atom. The molecule has 0 bridgehead atoms. The predicted molar refractivity (Wildman–Crippen MR) is 150 cm³/mol. The van der Waals surface area contributed by atoms with Crippen LogP contribution in [0.1, 0.15) is 77.5 Å². The molecule has 3 N–H and O–H groups in total. The quantitative estimate of drug-likeness (QED) is 0.244. The molecule has 5 rings (SSSR count). The van der Waals surface area contributed by atoms with Gasteiger partial charge in [0.05, 0.1) is 24.1 Å². The summed E-state index contributed by atoms with van der Waals surface area (Å²) >= 11 is 6.17. The highest BCUT2D eigenvalue weighted by Crippen LogP contribution is 2.30. The Morgan fingerprint density at radius 2 is 1.78 bits per heavy atom. The molecule has 0 radical (unpaired) electrons. The Labute approximate surface area is 231 Å². The third-order valence-corrected chi connectivity index (χ3v) is 7.86. The molecule has 2 aliphatic rings. The summed E-state index contributed by atoms with van der Waals surface area (Å²) in [6, 6.07) is 1.75. The first-order valence-electron chi connectivity index (χ1n) is 12.0. The van der Waals surface area contributed by atoms with Gasteiger partial charge < -0.3 is 24.5 Å². The number of ether oxygens (including phenoxy) is 2. The molecule has 3 aromatic heterocycles. The summed E-state index contributed by atoms with van der Waals surface area (Å²) in [6.07, 6.45) is 12.1. The van der Waals surface area contributed by atoms with E-state index in [1.807, 2.05) is 6.08 Å². The van der Waals surface area contributed by atoms with E-state index in [9.17, 15) is 9.59 Å². The minimum atomic E-state index is -1.20. The number of thiazole rings is 2. The average Bonchev–Trinajstić information content (AvgIpc) is 3.68. The van der Waals surface area contributed by atoms with Gasteiger partial charge in [0.1, 0.15) is 21.2 Å². The number of nitrogens with zero attached hydrogens (tertiary/aromatic N) is 2. The molecule has 0 atom stereocenters. The van der Waals surface area contributed by atoms with Crippen LogP contribution in [0.4, 0.5) is 0 Å². The highest BCUT2D eigenvalue weighted by atomic mass is 79.9. The lowest BCUT2D eigenvalue weighted by atomic mass is 9.79. The van der Waals surface area contributed by atoms with Gasteiger partial charge in [0.15, 0.2) is 3.92 Å². The van der Waals surface area contributed by atoms with Gasteiger partial charge in [-0.25, -0.2) is 19.6 Å². The number of nitrogens with one attached hydrogen (secondary N) is 1. The summed E-state index contributed by atoms with van der Waals surface area (Å²) < 4.78 is 11.5. The number of aromatic amines is 1. The standard InChI is InChI=1S/C11H13NO2S.C8H7BrN2O2S.C5H9BO2/c1-2-14-11(13)9-7-12-10(15-9)8-5-3-4-6-8;1-2-13-7(12)4-3-5-6(10-4)11-8(9)14-5;7-6(8)5-3-1-2-4-5/h5,7H,2-4,6H2,1H3;3,10H,2H2,1H3;3,7-8H,1-2,4H2. The maximum Gasteiger partial charge on any atom is 0.483 e. The highest BCUT2D eigenvalue weighted by Gasteiger charge is 2.17. The van der Waals surface area contributed by atoms with E-state index in [0.29, 0.717) is 29.4 Å². The van der Waals surface area contributed by atoms with Gasteiger partial charge in [0.2, 0.25) is 0 Å². The number of halogens is 1. The van der Waals surface area contributed by atoms with Gasteiger partial charge in [-0.2, -0.15) is 0 Å². The van der Waals surface area contributed by atoms with Crippen molar-refractivity contribution in [2.24, 2.45) is 0 Å². The number of esters is 2. The molecule has 0 saturated carbocycles. The molecule has 2 aliphatic carbocycles. The maximum atomic E-state index is 11.4. The van der Waals surface area contributed by atoms with Crippen molar-refractivity contribution in [2.45, 2.75) is 52.4 Å². The normalized spacial score (nSPS) is 14.2. The van der Waals surface area contributed by atoms with Gasteiger partial charge in [-0.3, -0.25) is 0 Å². The van der Waals surface area contributed by atoms with Gasteiger partial charge in [0.25, 0.3) is 0 Å². The molecular formula is C24H29BBrN3O6S2. The topological polar surface area (TPSA) is 135 Å². The number of fused-ring (bicyclic) bond motifs is 1. The first kappa shape index (κ1) is 29.2. The van der Waals surface area contributed by atoms with Crippen LogP contribution >= 0.6 is 38.6 Å². The van der Waals surface area contributed by atoms with E-state index in [4.69, 9.17) is 19.5 Å². The predicted octanol–water partition coefficient (Wildman–Crippen LogP) is 5.56. The first-order valence-corrected chi connectivity index (χ1v) is 14.4. The van der Waals surface area contributed by atoms with Crippen LogP contribution in [0.2, 0.25) is 0 Å². The van der Waals surface area contributed by atoms with Crippen LogP contribution in [-0.4, -0.2) is 57.3 Å². The summed E-state index contributed by atoms with van der Waals surface area (Å²) in [7, 11) is -1.20. The van der Waals surface area contributed by atoms with Gasteiger partial charge in [-0.1, -0.05) is 12.2 Å². The van der Waals surface area contributed by atoms with Crippen LogP contribution in [0.25, 0.3) is 15.9 Å². The van der Waals surface area contributed by atoms with Gasteiger partial charge in [0, 0.05) is 0 Å². The first-order chi connectivity index (χ1) is 17.8. The van der Waals surface area contributed by atoms with Crippen LogP contribution in [0, 0.1) is 0 Å². The molecule has 3 aromatic rings. The minimum Gasteiger partial charge on any atom is -0.462 e. The molecular weight excluding hydrogens is 581 g/mol. The second kappa shape index (κ2) is 14.6. The van der Waals surface area contributed by atoms with Crippen molar-refractivity contribution in [1.82, 2.24) is 15.0 Å². The second-order valence-corrected chi connectivity index (χ2v) is 11.3. The zero-order chi connectivity index (χ0) is 26.8. The van der Waals surface area contributed by atoms with Crippen molar-refractivity contribution in [3.05, 3.63) is 49.4 Å². The van der Waals surface area contributed by atoms with Crippen LogP contribution < -0.4 is 0 Å². The Morgan fingerprint density at radius 1 is 1.08 bits per heavy atom. The number of rotatable bonds is 6. The van der Waals surface area contributed by atoms with Crippen LogP contribution in [0.5, 0.6) is 0 Å². The zero-order valence-electron chi connectivity index (χ0n) is 20.7. The minimum absolute atomic E-state index is 0.264. The van der Waals surface area contributed by atoms with Gasteiger partial charge >= 0.3 is 19.1 Å². The molecule has 0 unspecified atom stereocenters. The van der Waals surface area contributed by atoms with Gasteiger partial charge in [-0.15, -0.1) is 22.7 Å².